The van der Waals surface area contributed by atoms with E-state index in [1.807, 2.05) is 41.8 Å². The Hall–Kier alpha value is -2.87. The molecule has 0 saturated carbocycles. The lowest BCUT2D eigenvalue weighted by Gasteiger charge is -2.00. The van der Waals surface area contributed by atoms with E-state index >= 15 is 0 Å². The Morgan fingerprint density at radius 2 is 2.14 bits per heavy atom. The number of aromatic nitrogens is 6. The summed E-state index contributed by atoms with van der Waals surface area (Å²) in [5, 5.41) is 17.1. The summed E-state index contributed by atoms with van der Waals surface area (Å²) in [4.78, 5) is 5.39. The molecule has 3 aromatic heterocycles. The van der Waals surface area contributed by atoms with E-state index in [9.17, 15) is 0 Å². The molecule has 0 aliphatic rings. The number of hydrogen-bond acceptors (Lipinski definition) is 7. The topological polar surface area (TPSA) is 82.5 Å². The third-order valence-electron chi connectivity index (χ3n) is 2.87. The summed E-state index contributed by atoms with van der Waals surface area (Å²) in [5.74, 6) is 1.06. The Kier molecular flexibility index (Phi) is 2.79. The molecule has 0 N–H and O–H groups in total. The maximum atomic E-state index is 5.33. The third-order valence-corrected chi connectivity index (χ3v) is 3.74. The normalized spacial score (nSPS) is 10.9. The molecular formula is C13H8N6OS. The van der Waals surface area contributed by atoms with Crippen LogP contribution in [-0.2, 0) is 0 Å². The Balaban J connectivity index is 1.72. The van der Waals surface area contributed by atoms with Gasteiger partial charge in [0.25, 0.3) is 5.89 Å². The van der Waals surface area contributed by atoms with Gasteiger partial charge in [0.2, 0.25) is 5.82 Å². The predicted octanol–water partition coefficient (Wildman–Crippen LogP) is 2.44. The quantitative estimate of drug-likeness (QED) is 0.577. The zero-order valence-electron chi connectivity index (χ0n) is 10.6. The number of thiophene rings is 1. The average molecular weight is 296 g/mol. The number of tetrazole rings is 1. The van der Waals surface area contributed by atoms with Crippen LogP contribution >= 0.6 is 11.3 Å². The van der Waals surface area contributed by atoms with Crippen molar-refractivity contribution in [1.82, 2.24) is 30.3 Å². The summed E-state index contributed by atoms with van der Waals surface area (Å²) in [6.07, 6.45) is 1.53. The molecule has 21 heavy (non-hydrogen) atoms. The van der Waals surface area contributed by atoms with Crippen molar-refractivity contribution < 1.29 is 4.52 Å². The molecule has 4 aromatic rings. The number of hydrogen-bond donors (Lipinski definition) is 0. The zero-order valence-corrected chi connectivity index (χ0v) is 11.4. The molecule has 0 bridgehead atoms. The number of benzene rings is 1. The van der Waals surface area contributed by atoms with E-state index in [0.717, 1.165) is 16.1 Å². The molecular weight excluding hydrogens is 288 g/mol. The molecule has 0 fully saturated rings. The van der Waals surface area contributed by atoms with E-state index in [1.165, 1.54) is 6.33 Å². The van der Waals surface area contributed by atoms with Gasteiger partial charge in [-0.1, -0.05) is 17.3 Å². The van der Waals surface area contributed by atoms with Crippen LogP contribution in [0.4, 0.5) is 0 Å². The van der Waals surface area contributed by atoms with Crippen molar-refractivity contribution in [3.63, 3.8) is 0 Å². The molecule has 1 aromatic carbocycles. The first-order valence-electron chi connectivity index (χ1n) is 6.11. The highest BCUT2D eigenvalue weighted by Gasteiger charge is 2.12. The number of nitrogens with zero attached hydrogens (tertiary/aromatic N) is 6. The predicted molar refractivity (Wildman–Crippen MR) is 75.8 cm³/mol. The Labute approximate surface area is 122 Å². The van der Waals surface area contributed by atoms with Crippen molar-refractivity contribution in [3.05, 3.63) is 48.1 Å². The first-order valence-corrected chi connectivity index (χ1v) is 6.99. The molecule has 0 aliphatic heterocycles. The molecule has 7 nitrogen and oxygen atoms in total. The second kappa shape index (κ2) is 4.91. The summed E-state index contributed by atoms with van der Waals surface area (Å²) in [6.45, 7) is 0. The van der Waals surface area contributed by atoms with Gasteiger partial charge in [0, 0.05) is 5.56 Å². The van der Waals surface area contributed by atoms with E-state index < -0.39 is 0 Å². The Morgan fingerprint density at radius 3 is 2.95 bits per heavy atom. The minimum atomic E-state index is 0.466. The van der Waals surface area contributed by atoms with Crippen LogP contribution in [0.2, 0.25) is 0 Å². The largest absolute Gasteiger partial charge is 0.334 e. The van der Waals surface area contributed by atoms with Crippen molar-refractivity contribution in [3.8, 4) is 27.8 Å². The van der Waals surface area contributed by atoms with Crippen LogP contribution in [0.25, 0.3) is 27.8 Å². The van der Waals surface area contributed by atoms with E-state index in [1.54, 1.807) is 16.0 Å². The first kappa shape index (κ1) is 11.9. The molecule has 4 rings (SSSR count). The van der Waals surface area contributed by atoms with Gasteiger partial charge in [0.15, 0.2) is 0 Å². The van der Waals surface area contributed by atoms with Crippen molar-refractivity contribution in [1.29, 1.82) is 0 Å². The third kappa shape index (κ3) is 2.21. The molecule has 0 amide bonds. The lowest BCUT2D eigenvalue weighted by Crippen LogP contribution is -1.95. The van der Waals surface area contributed by atoms with Gasteiger partial charge < -0.3 is 4.52 Å². The van der Waals surface area contributed by atoms with Gasteiger partial charge in [-0.25, -0.2) is 4.68 Å². The fraction of sp³-hybridized carbons (Fsp3) is 0. The lowest BCUT2D eigenvalue weighted by atomic mass is 10.2. The van der Waals surface area contributed by atoms with Crippen molar-refractivity contribution in [2.45, 2.75) is 0 Å². The molecule has 0 atom stereocenters. The highest BCUT2D eigenvalue weighted by Crippen LogP contribution is 2.26. The van der Waals surface area contributed by atoms with Crippen LogP contribution < -0.4 is 0 Å². The first-order chi connectivity index (χ1) is 10.4. The van der Waals surface area contributed by atoms with Crippen LogP contribution in [0.3, 0.4) is 0 Å². The summed E-state index contributed by atoms with van der Waals surface area (Å²) in [6, 6.07) is 11.5. The van der Waals surface area contributed by atoms with E-state index in [4.69, 9.17) is 4.52 Å². The van der Waals surface area contributed by atoms with E-state index in [2.05, 4.69) is 25.7 Å². The van der Waals surface area contributed by atoms with Gasteiger partial charge in [-0.3, -0.25) is 0 Å². The molecule has 0 spiro atoms. The van der Waals surface area contributed by atoms with Crippen LogP contribution in [0, 0.1) is 0 Å². The smallest absolute Gasteiger partial charge is 0.258 e. The maximum absolute atomic E-state index is 5.33. The maximum Gasteiger partial charge on any atom is 0.258 e. The molecule has 3 heterocycles. The van der Waals surface area contributed by atoms with Gasteiger partial charge in [0.05, 0.1) is 10.6 Å². The van der Waals surface area contributed by atoms with Gasteiger partial charge in [0.1, 0.15) is 6.33 Å². The second-order valence-corrected chi connectivity index (χ2v) is 5.15. The van der Waals surface area contributed by atoms with Gasteiger partial charge in [-0.05, 0) is 40.1 Å². The summed E-state index contributed by atoms with van der Waals surface area (Å²) < 4.78 is 6.90. The monoisotopic (exact) mass is 296 g/mol. The molecule has 102 valence electrons. The Bertz CT molecular complexity index is 853. The molecule has 0 unspecified atom stereocenters. The summed E-state index contributed by atoms with van der Waals surface area (Å²) >= 11 is 1.57. The Morgan fingerprint density at radius 1 is 1.14 bits per heavy atom. The number of rotatable bonds is 3. The van der Waals surface area contributed by atoms with Crippen LogP contribution in [0.15, 0.2) is 52.6 Å². The molecule has 0 aliphatic carbocycles. The van der Waals surface area contributed by atoms with Gasteiger partial charge in [-0.15, -0.1) is 16.4 Å². The fourth-order valence-corrected chi connectivity index (χ4v) is 2.56. The average Bonchev–Trinajstić information content (AvgIpc) is 3.26. The van der Waals surface area contributed by atoms with Crippen molar-refractivity contribution >= 4 is 11.3 Å². The second-order valence-electron chi connectivity index (χ2n) is 4.21. The molecule has 8 heteroatoms. The summed E-state index contributed by atoms with van der Waals surface area (Å²) in [5.41, 5.74) is 1.65. The highest BCUT2D eigenvalue weighted by molar-refractivity contribution is 7.13. The SMILES string of the molecule is c1cc(-c2nc(-c3cccs3)no2)cc(-n2cnnn2)c1. The van der Waals surface area contributed by atoms with Gasteiger partial charge in [-0.2, -0.15) is 4.98 Å². The molecule has 0 saturated heterocycles. The lowest BCUT2D eigenvalue weighted by molar-refractivity contribution is 0.432. The standard InChI is InChI=1S/C13H8N6OS/c1-3-9(7-10(4-1)19-8-14-17-18-19)13-15-12(16-20-13)11-5-2-6-21-11/h1-8H. The highest BCUT2D eigenvalue weighted by atomic mass is 32.1. The van der Waals surface area contributed by atoms with E-state index in [-0.39, 0.29) is 0 Å². The molecule has 0 radical (unpaired) electrons. The van der Waals surface area contributed by atoms with E-state index in [0.29, 0.717) is 11.7 Å². The van der Waals surface area contributed by atoms with Crippen LogP contribution in [-0.4, -0.2) is 30.3 Å². The minimum Gasteiger partial charge on any atom is -0.334 e. The fourth-order valence-electron chi connectivity index (χ4n) is 1.91. The zero-order chi connectivity index (χ0) is 14.1. The van der Waals surface area contributed by atoms with Gasteiger partial charge >= 0.3 is 0 Å². The van der Waals surface area contributed by atoms with Crippen molar-refractivity contribution in [2.24, 2.45) is 0 Å². The van der Waals surface area contributed by atoms with Crippen LogP contribution in [0.1, 0.15) is 0 Å². The van der Waals surface area contributed by atoms with Crippen LogP contribution in [0.5, 0.6) is 0 Å². The minimum absolute atomic E-state index is 0.466. The van der Waals surface area contributed by atoms with Crippen molar-refractivity contribution in [2.75, 3.05) is 0 Å². The summed E-state index contributed by atoms with van der Waals surface area (Å²) in [7, 11) is 0.